The first-order valence-electron chi connectivity index (χ1n) is 15.6. The lowest BCUT2D eigenvalue weighted by atomic mass is 10.0. The van der Waals surface area contributed by atoms with Crippen LogP contribution < -0.4 is 0 Å². The molecule has 0 fully saturated rings. The standard InChI is InChI=1S/C31H54BrO8P/c1-2-3-4-5-6-7-8-9-10-11-12-13-14-15-16-20-24-36-27-30(28-39-41(34,35)38-25-23-32)40-31(33)37-26-29-21-18-17-19-22-29/h17-19,21-22,30H,2-16,20,23-28H2,1H3,(H,34,35). The Kier molecular flexibility index (Phi) is 24.7. The number of unbranched alkanes of at least 4 members (excludes halogenated alkanes) is 15. The number of halogens is 1. The lowest BCUT2D eigenvalue weighted by Gasteiger charge is -2.19. The first-order chi connectivity index (χ1) is 20.0. The number of hydrogen-bond acceptors (Lipinski definition) is 7. The van der Waals surface area contributed by atoms with Gasteiger partial charge in [-0.15, -0.1) is 0 Å². The molecule has 1 rings (SSSR count). The Morgan fingerprint density at radius 3 is 1.85 bits per heavy atom. The van der Waals surface area contributed by atoms with Crippen LogP contribution >= 0.6 is 23.8 Å². The smallest absolute Gasteiger partial charge is 0.429 e. The second kappa shape index (κ2) is 26.7. The molecule has 41 heavy (non-hydrogen) atoms. The number of alkyl halides is 1. The maximum Gasteiger partial charge on any atom is 0.509 e. The van der Waals surface area contributed by atoms with Crippen molar-refractivity contribution in [2.24, 2.45) is 0 Å². The van der Waals surface area contributed by atoms with Gasteiger partial charge in [0.15, 0.2) is 6.10 Å². The fourth-order valence-corrected chi connectivity index (χ4v) is 5.50. The Bertz CT molecular complexity index is 783. The molecular weight excluding hydrogens is 611 g/mol. The quantitative estimate of drug-likeness (QED) is 0.0409. The lowest BCUT2D eigenvalue weighted by molar-refractivity contribution is -0.0393. The number of hydrogen-bond donors (Lipinski definition) is 1. The van der Waals surface area contributed by atoms with Crippen LogP contribution in [0.1, 0.15) is 115 Å². The molecule has 0 saturated carbocycles. The van der Waals surface area contributed by atoms with Crippen LogP contribution in [-0.4, -0.2) is 48.9 Å². The van der Waals surface area contributed by atoms with Crippen molar-refractivity contribution in [3.05, 3.63) is 35.9 Å². The minimum atomic E-state index is -4.27. The SMILES string of the molecule is CCCCCCCCCCCCCCCCCCOCC(COP(=O)(O)OCCBr)OC(=O)OCc1ccccc1. The molecule has 8 nitrogen and oxygen atoms in total. The summed E-state index contributed by atoms with van der Waals surface area (Å²) < 4.78 is 37.9. The van der Waals surface area contributed by atoms with E-state index >= 15 is 0 Å². The fourth-order valence-electron chi connectivity index (χ4n) is 4.33. The molecule has 0 aliphatic rings. The predicted molar refractivity (Wildman–Crippen MR) is 167 cm³/mol. The van der Waals surface area contributed by atoms with Crippen molar-refractivity contribution in [1.29, 1.82) is 0 Å². The maximum atomic E-state index is 12.2. The summed E-state index contributed by atoms with van der Waals surface area (Å²) in [5.74, 6) is 0. The average Bonchev–Trinajstić information content (AvgIpc) is 2.97. The summed E-state index contributed by atoms with van der Waals surface area (Å²) >= 11 is 3.13. The van der Waals surface area contributed by atoms with Gasteiger partial charge in [-0.3, -0.25) is 9.05 Å². The minimum absolute atomic E-state index is 0.00811. The molecule has 2 unspecified atom stereocenters. The van der Waals surface area contributed by atoms with Gasteiger partial charge < -0.3 is 19.1 Å². The van der Waals surface area contributed by atoms with Crippen LogP contribution in [0.2, 0.25) is 0 Å². The molecule has 1 aromatic carbocycles. The van der Waals surface area contributed by atoms with Crippen molar-refractivity contribution < 1.29 is 37.5 Å². The molecule has 1 aromatic rings. The molecule has 0 amide bonds. The van der Waals surface area contributed by atoms with Crippen molar-refractivity contribution in [1.82, 2.24) is 0 Å². The third kappa shape index (κ3) is 24.2. The highest BCUT2D eigenvalue weighted by atomic mass is 79.9. The first-order valence-corrected chi connectivity index (χ1v) is 18.2. The number of phosphoric ester groups is 1. The van der Waals surface area contributed by atoms with Crippen molar-refractivity contribution >= 4 is 29.9 Å². The van der Waals surface area contributed by atoms with Crippen LogP contribution in [0, 0.1) is 0 Å². The van der Waals surface area contributed by atoms with Crippen LogP contribution in [0.25, 0.3) is 0 Å². The van der Waals surface area contributed by atoms with E-state index in [9.17, 15) is 14.3 Å². The van der Waals surface area contributed by atoms with Gasteiger partial charge in [0.1, 0.15) is 6.61 Å². The van der Waals surface area contributed by atoms with E-state index in [1.54, 1.807) is 0 Å². The van der Waals surface area contributed by atoms with E-state index in [1.807, 2.05) is 30.3 Å². The van der Waals surface area contributed by atoms with Gasteiger partial charge >= 0.3 is 14.0 Å². The molecule has 0 radical (unpaired) electrons. The van der Waals surface area contributed by atoms with Gasteiger partial charge in [-0.05, 0) is 12.0 Å². The number of phosphoric acid groups is 1. The predicted octanol–water partition coefficient (Wildman–Crippen LogP) is 9.51. The monoisotopic (exact) mass is 664 g/mol. The minimum Gasteiger partial charge on any atom is -0.429 e. The molecule has 0 bridgehead atoms. The summed E-state index contributed by atoms with van der Waals surface area (Å²) in [4.78, 5) is 22.0. The van der Waals surface area contributed by atoms with Crippen molar-refractivity contribution in [3.63, 3.8) is 0 Å². The van der Waals surface area contributed by atoms with Crippen LogP contribution in [0.15, 0.2) is 30.3 Å². The van der Waals surface area contributed by atoms with Gasteiger partial charge in [-0.1, -0.05) is 149 Å². The molecule has 0 spiro atoms. The third-order valence-corrected chi connectivity index (χ3v) is 7.97. The van der Waals surface area contributed by atoms with E-state index < -0.39 is 20.1 Å². The summed E-state index contributed by atoms with van der Waals surface area (Å²) in [7, 11) is -4.27. The Labute approximate surface area is 256 Å². The molecule has 10 heteroatoms. The van der Waals surface area contributed by atoms with Gasteiger partial charge in [-0.25, -0.2) is 9.36 Å². The van der Waals surface area contributed by atoms with E-state index in [1.165, 1.54) is 89.9 Å². The van der Waals surface area contributed by atoms with Crippen LogP contribution in [0.3, 0.4) is 0 Å². The largest absolute Gasteiger partial charge is 0.509 e. The Morgan fingerprint density at radius 2 is 1.32 bits per heavy atom. The first kappa shape index (κ1) is 38.1. The van der Waals surface area contributed by atoms with E-state index in [-0.39, 0.29) is 26.4 Å². The topological polar surface area (TPSA) is 101 Å². The maximum absolute atomic E-state index is 12.2. The highest BCUT2D eigenvalue weighted by Gasteiger charge is 2.25. The summed E-state index contributed by atoms with van der Waals surface area (Å²) in [6.07, 6.45) is 19.0. The Hall–Kier alpha value is -0.960. The van der Waals surface area contributed by atoms with Gasteiger partial charge in [0.25, 0.3) is 0 Å². The molecule has 0 saturated heterocycles. The number of ether oxygens (including phenoxy) is 3. The molecule has 1 N–H and O–H groups in total. The Morgan fingerprint density at radius 1 is 0.780 bits per heavy atom. The highest BCUT2D eigenvalue weighted by Crippen LogP contribution is 2.43. The number of benzene rings is 1. The number of rotatable bonds is 28. The Balaban J connectivity index is 2.14. The third-order valence-electron chi connectivity index (χ3n) is 6.66. The van der Waals surface area contributed by atoms with Crippen LogP contribution in [0.4, 0.5) is 4.79 Å². The van der Waals surface area contributed by atoms with Crippen molar-refractivity contribution in [2.75, 3.05) is 31.8 Å². The molecule has 0 aliphatic heterocycles. The summed E-state index contributed by atoms with van der Waals surface area (Å²) in [6.45, 7) is 2.51. The van der Waals surface area contributed by atoms with Crippen LogP contribution in [-0.2, 0) is 34.4 Å². The molecule has 238 valence electrons. The van der Waals surface area contributed by atoms with E-state index in [0.717, 1.165) is 18.4 Å². The molecule has 0 aromatic heterocycles. The second-order valence-corrected chi connectivity index (χ2v) is 12.7. The fraction of sp³-hybridized carbons (Fsp3) is 0.774. The molecule has 0 aliphatic carbocycles. The second-order valence-electron chi connectivity index (χ2n) is 10.4. The van der Waals surface area contributed by atoms with Crippen molar-refractivity contribution in [3.8, 4) is 0 Å². The van der Waals surface area contributed by atoms with Gasteiger partial charge in [0, 0.05) is 11.9 Å². The average molecular weight is 666 g/mol. The van der Waals surface area contributed by atoms with Crippen LogP contribution in [0.5, 0.6) is 0 Å². The van der Waals surface area contributed by atoms with E-state index in [2.05, 4.69) is 22.9 Å². The van der Waals surface area contributed by atoms with Gasteiger partial charge in [0.05, 0.1) is 19.8 Å². The zero-order chi connectivity index (χ0) is 29.9. The van der Waals surface area contributed by atoms with Gasteiger partial charge in [-0.2, -0.15) is 0 Å². The molecule has 0 heterocycles. The zero-order valence-electron chi connectivity index (χ0n) is 25.2. The number of carbonyl (C=O) groups is 1. The van der Waals surface area contributed by atoms with Crippen molar-refractivity contribution in [2.45, 2.75) is 122 Å². The molecular formula is C31H54BrO8P. The highest BCUT2D eigenvalue weighted by molar-refractivity contribution is 9.09. The molecule has 2 atom stereocenters. The zero-order valence-corrected chi connectivity index (χ0v) is 27.6. The number of carbonyl (C=O) groups excluding carboxylic acids is 1. The normalized spacial score (nSPS) is 13.5. The van der Waals surface area contributed by atoms with E-state index in [0.29, 0.717) is 11.9 Å². The van der Waals surface area contributed by atoms with E-state index in [4.69, 9.17) is 23.3 Å². The summed E-state index contributed by atoms with van der Waals surface area (Å²) in [5.41, 5.74) is 0.819. The van der Waals surface area contributed by atoms with Gasteiger partial charge in [0.2, 0.25) is 0 Å². The summed E-state index contributed by atoms with van der Waals surface area (Å²) in [6, 6.07) is 9.23. The lowest BCUT2D eigenvalue weighted by Crippen LogP contribution is -2.29. The summed E-state index contributed by atoms with van der Waals surface area (Å²) in [5, 5.41) is 0.384.